The van der Waals surface area contributed by atoms with Crippen molar-refractivity contribution in [3.8, 4) is 11.6 Å². The molecule has 0 fully saturated rings. The van der Waals surface area contributed by atoms with Gasteiger partial charge in [-0.2, -0.15) is 9.97 Å². The van der Waals surface area contributed by atoms with Crippen LogP contribution in [0.25, 0.3) is 0 Å². The number of halogens is 1. The molecule has 3 N–H and O–H groups in total. The molecule has 0 atom stereocenters. The number of nitrogens with one attached hydrogen (secondary N) is 1. The fourth-order valence-electron chi connectivity index (χ4n) is 1.46. The SMILES string of the molecule is CNc1cc(Oc2ccc(Cl)cc2C)nc(N)n1. The summed E-state index contributed by atoms with van der Waals surface area (Å²) in [5, 5.41) is 3.55. The Balaban J connectivity index is 2.30. The lowest BCUT2D eigenvalue weighted by molar-refractivity contribution is 0.459. The zero-order valence-corrected chi connectivity index (χ0v) is 10.8. The molecule has 0 bridgehead atoms. The van der Waals surface area contributed by atoms with Gasteiger partial charge in [0.2, 0.25) is 11.8 Å². The third-order valence-electron chi connectivity index (χ3n) is 2.33. The Bertz CT molecular complexity index is 574. The summed E-state index contributed by atoms with van der Waals surface area (Å²) in [4.78, 5) is 8.00. The highest BCUT2D eigenvalue weighted by molar-refractivity contribution is 6.30. The van der Waals surface area contributed by atoms with Crippen LogP contribution >= 0.6 is 11.6 Å². The van der Waals surface area contributed by atoms with Crippen LogP contribution in [0.3, 0.4) is 0 Å². The van der Waals surface area contributed by atoms with Gasteiger partial charge in [-0.15, -0.1) is 0 Å². The van der Waals surface area contributed by atoms with E-state index < -0.39 is 0 Å². The van der Waals surface area contributed by atoms with Crippen molar-refractivity contribution in [3.05, 3.63) is 34.9 Å². The van der Waals surface area contributed by atoms with Crippen LogP contribution in [-0.4, -0.2) is 17.0 Å². The summed E-state index contributed by atoms with van der Waals surface area (Å²) >= 11 is 5.88. The Morgan fingerprint density at radius 1 is 1.28 bits per heavy atom. The lowest BCUT2D eigenvalue weighted by Gasteiger charge is -2.09. The summed E-state index contributed by atoms with van der Waals surface area (Å²) in [7, 11) is 1.75. The van der Waals surface area contributed by atoms with E-state index in [1.54, 1.807) is 25.2 Å². The first kappa shape index (κ1) is 12.4. The second-order valence-corrected chi connectivity index (χ2v) is 4.15. The highest BCUT2D eigenvalue weighted by atomic mass is 35.5. The first-order valence-electron chi connectivity index (χ1n) is 5.35. The Hall–Kier alpha value is -2.01. The summed E-state index contributed by atoms with van der Waals surface area (Å²) in [5.41, 5.74) is 6.51. The van der Waals surface area contributed by atoms with Gasteiger partial charge in [0.15, 0.2) is 0 Å². The van der Waals surface area contributed by atoms with E-state index in [4.69, 9.17) is 22.1 Å². The first-order valence-corrected chi connectivity index (χ1v) is 5.72. The minimum Gasteiger partial charge on any atom is -0.439 e. The number of rotatable bonds is 3. The van der Waals surface area contributed by atoms with Crippen LogP contribution in [0.2, 0.25) is 5.02 Å². The maximum atomic E-state index is 5.88. The van der Waals surface area contributed by atoms with E-state index in [0.717, 1.165) is 5.56 Å². The van der Waals surface area contributed by atoms with Crippen LogP contribution in [0.5, 0.6) is 11.6 Å². The van der Waals surface area contributed by atoms with Crippen LogP contribution in [0.4, 0.5) is 11.8 Å². The van der Waals surface area contributed by atoms with Gasteiger partial charge in [-0.05, 0) is 30.7 Å². The van der Waals surface area contributed by atoms with Gasteiger partial charge in [-0.25, -0.2) is 0 Å². The Kier molecular flexibility index (Phi) is 3.53. The molecule has 2 aromatic rings. The molecule has 0 saturated heterocycles. The van der Waals surface area contributed by atoms with Crippen molar-refractivity contribution < 1.29 is 4.74 Å². The van der Waals surface area contributed by atoms with Gasteiger partial charge >= 0.3 is 0 Å². The molecule has 18 heavy (non-hydrogen) atoms. The van der Waals surface area contributed by atoms with Gasteiger partial charge < -0.3 is 15.8 Å². The molecule has 94 valence electrons. The van der Waals surface area contributed by atoms with Crippen molar-refractivity contribution in [1.29, 1.82) is 0 Å². The van der Waals surface area contributed by atoms with Gasteiger partial charge in [-0.3, -0.25) is 0 Å². The Labute approximate surface area is 110 Å². The smallest absolute Gasteiger partial charge is 0.226 e. The normalized spacial score (nSPS) is 10.2. The number of hydrogen-bond acceptors (Lipinski definition) is 5. The number of nitrogen functional groups attached to an aromatic ring is 1. The monoisotopic (exact) mass is 264 g/mol. The lowest BCUT2D eigenvalue weighted by atomic mass is 10.2. The number of aryl methyl sites for hydroxylation is 1. The number of nitrogens with zero attached hydrogens (tertiary/aromatic N) is 2. The highest BCUT2D eigenvalue weighted by Gasteiger charge is 2.06. The lowest BCUT2D eigenvalue weighted by Crippen LogP contribution is -2.01. The number of nitrogens with two attached hydrogens (primary N) is 1. The maximum Gasteiger partial charge on any atom is 0.226 e. The molecule has 0 amide bonds. The van der Waals surface area contributed by atoms with Crippen molar-refractivity contribution in [2.24, 2.45) is 0 Å². The fraction of sp³-hybridized carbons (Fsp3) is 0.167. The van der Waals surface area contributed by atoms with Crippen molar-refractivity contribution in [3.63, 3.8) is 0 Å². The molecular weight excluding hydrogens is 252 g/mol. The number of aromatic nitrogens is 2. The standard InChI is InChI=1S/C12H13ClN4O/c1-7-5-8(13)3-4-9(7)18-11-6-10(15-2)16-12(14)17-11/h3-6H,1-2H3,(H3,14,15,16,17). The van der Waals surface area contributed by atoms with E-state index in [-0.39, 0.29) is 5.95 Å². The van der Waals surface area contributed by atoms with Crippen molar-refractivity contribution >= 4 is 23.4 Å². The molecule has 0 saturated carbocycles. The molecule has 0 aliphatic rings. The molecular formula is C12H13ClN4O. The third-order valence-corrected chi connectivity index (χ3v) is 2.56. The molecule has 1 aromatic carbocycles. The minimum absolute atomic E-state index is 0.156. The van der Waals surface area contributed by atoms with Gasteiger partial charge in [0.25, 0.3) is 0 Å². The second-order valence-electron chi connectivity index (χ2n) is 3.71. The van der Waals surface area contributed by atoms with Gasteiger partial charge in [0, 0.05) is 18.1 Å². The highest BCUT2D eigenvalue weighted by Crippen LogP contribution is 2.27. The molecule has 6 heteroatoms. The molecule has 2 rings (SSSR count). The van der Waals surface area contributed by atoms with Crippen LogP contribution in [0.1, 0.15) is 5.56 Å². The predicted octanol–water partition coefficient (Wildman–Crippen LogP) is 2.85. The fourth-order valence-corrected chi connectivity index (χ4v) is 1.69. The maximum absolute atomic E-state index is 5.88. The molecule has 0 aliphatic heterocycles. The first-order chi connectivity index (χ1) is 8.58. The van der Waals surface area contributed by atoms with E-state index in [1.165, 1.54) is 0 Å². The van der Waals surface area contributed by atoms with E-state index in [2.05, 4.69) is 15.3 Å². The summed E-state index contributed by atoms with van der Waals surface area (Å²) in [6, 6.07) is 7.03. The largest absolute Gasteiger partial charge is 0.439 e. The number of benzene rings is 1. The topological polar surface area (TPSA) is 73.1 Å². The summed E-state index contributed by atoms with van der Waals surface area (Å²) in [6.07, 6.45) is 0. The van der Waals surface area contributed by atoms with Crippen LogP contribution in [0, 0.1) is 6.92 Å². The van der Waals surface area contributed by atoms with Crippen LogP contribution in [-0.2, 0) is 0 Å². The quantitative estimate of drug-likeness (QED) is 0.892. The van der Waals surface area contributed by atoms with Gasteiger partial charge in [0.1, 0.15) is 11.6 Å². The van der Waals surface area contributed by atoms with E-state index in [9.17, 15) is 0 Å². The minimum atomic E-state index is 0.156. The Morgan fingerprint density at radius 2 is 2.06 bits per heavy atom. The average Bonchev–Trinajstić information content (AvgIpc) is 2.32. The molecule has 0 aliphatic carbocycles. The summed E-state index contributed by atoms with van der Waals surface area (Å²) in [5.74, 6) is 1.82. The van der Waals surface area contributed by atoms with Gasteiger partial charge in [-0.1, -0.05) is 11.6 Å². The average molecular weight is 265 g/mol. The second kappa shape index (κ2) is 5.10. The molecule has 0 unspecified atom stereocenters. The van der Waals surface area contributed by atoms with E-state index in [1.807, 2.05) is 13.0 Å². The van der Waals surface area contributed by atoms with Gasteiger partial charge in [0.05, 0.1) is 0 Å². The summed E-state index contributed by atoms with van der Waals surface area (Å²) in [6.45, 7) is 1.91. The van der Waals surface area contributed by atoms with Crippen molar-refractivity contribution in [1.82, 2.24) is 9.97 Å². The zero-order chi connectivity index (χ0) is 13.1. The number of ether oxygens (including phenoxy) is 1. The number of anilines is 2. The van der Waals surface area contributed by atoms with Crippen LogP contribution < -0.4 is 15.8 Å². The molecule has 1 aromatic heterocycles. The third kappa shape index (κ3) is 2.81. The Morgan fingerprint density at radius 3 is 2.72 bits per heavy atom. The number of hydrogen-bond donors (Lipinski definition) is 2. The molecule has 1 heterocycles. The molecule has 0 spiro atoms. The molecule has 0 radical (unpaired) electrons. The van der Waals surface area contributed by atoms with Crippen molar-refractivity contribution in [2.45, 2.75) is 6.92 Å². The zero-order valence-electron chi connectivity index (χ0n) is 10.1. The van der Waals surface area contributed by atoms with Crippen molar-refractivity contribution in [2.75, 3.05) is 18.1 Å². The van der Waals surface area contributed by atoms with E-state index >= 15 is 0 Å². The molecule has 5 nitrogen and oxygen atoms in total. The summed E-state index contributed by atoms with van der Waals surface area (Å²) < 4.78 is 5.66. The van der Waals surface area contributed by atoms with E-state index in [0.29, 0.717) is 22.5 Å². The predicted molar refractivity (Wildman–Crippen MR) is 72.3 cm³/mol. The van der Waals surface area contributed by atoms with Crippen LogP contribution in [0.15, 0.2) is 24.3 Å².